The third-order valence-corrected chi connectivity index (χ3v) is 9.12. The second kappa shape index (κ2) is 7.38. The molecule has 2 rings (SSSR count). The summed E-state index contributed by atoms with van der Waals surface area (Å²) in [5.74, 6) is 3.92. The maximum absolute atomic E-state index is 13.2. The molecule has 0 fully saturated rings. The van der Waals surface area contributed by atoms with Crippen molar-refractivity contribution >= 4 is 37.7 Å². The van der Waals surface area contributed by atoms with Gasteiger partial charge in [-0.1, -0.05) is 6.92 Å². The molecule has 10 heteroatoms. The van der Waals surface area contributed by atoms with Gasteiger partial charge in [0, 0.05) is 38.4 Å². The molecule has 0 saturated carbocycles. The maximum Gasteiger partial charge on any atom is 0.129 e. The number of rotatable bonds is 7. The van der Waals surface area contributed by atoms with Crippen molar-refractivity contribution in [1.29, 1.82) is 0 Å². The summed E-state index contributed by atoms with van der Waals surface area (Å²) in [6.07, 6.45) is 0.751. The van der Waals surface area contributed by atoms with E-state index in [4.69, 9.17) is 9.88 Å². The highest BCUT2D eigenvalue weighted by molar-refractivity contribution is 8.23. The van der Waals surface area contributed by atoms with E-state index in [0.29, 0.717) is 23.9 Å². The highest BCUT2D eigenvalue weighted by Gasteiger charge is 2.35. The number of hydrogen-bond donors (Lipinski definition) is 4. The molecular formula is C13H25N3O4S3. The van der Waals surface area contributed by atoms with E-state index in [-0.39, 0.29) is 10.3 Å². The van der Waals surface area contributed by atoms with Crippen LogP contribution in [0.1, 0.15) is 24.9 Å². The van der Waals surface area contributed by atoms with Crippen molar-refractivity contribution in [3.05, 3.63) is 11.6 Å². The lowest BCUT2D eigenvalue weighted by atomic mass is 10.1. The quantitative estimate of drug-likeness (QED) is 0.422. The number of hydrogen-bond acceptors (Lipinski definition) is 7. The third kappa shape index (κ3) is 4.09. The van der Waals surface area contributed by atoms with E-state index in [9.17, 15) is 13.3 Å². The minimum absolute atomic E-state index is 0.0411. The number of fused-ring (bicyclic) bond motifs is 1. The molecule has 23 heavy (non-hydrogen) atoms. The van der Waals surface area contributed by atoms with Gasteiger partial charge in [-0.2, -0.15) is 0 Å². The first-order valence-corrected chi connectivity index (χ1v) is 11.4. The van der Waals surface area contributed by atoms with Gasteiger partial charge in [-0.25, -0.2) is 13.7 Å². The zero-order valence-electron chi connectivity index (χ0n) is 13.4. The fraction of sp³-hybridized carbons (Fsp3) is 0.615. The van der Waals surface area contributed by atoms with Crippen LogP contribution in [0.4, 0.5) is 0 Å². The Hall–Kier alpha value is -0.170. The van der Waals surface area contributed by atoms with Gasteiger partial charge in [-0.3, -0.25) is 9.11 Å². The highest BCUT2D eigenvalue weighted by atomic mass is 32.3. The van der Waals surface area contributed by atoms with Crippen LogP contribution in [0.3, 0.4) is 0 Å². The first-order chi connectivity index (χ1) is 10.7. The molecule has 0 spiro atoms. The van der Waals surface area contributed by atoms with Gasteiger partial charge in [0.1, 0.15) is 8.42 Å². The fourth-order valence-electron chi connectivity index (χ4n) is 2.59. The maximum atomic E-state index is 13.2. The van der Waals surface area contributed by atoms with E-state index in [1.54, 1.807) is 13.2 Å². The van der Waals surface area contributed by atoms with Gasteiger partial charge in [-0.05, 0) is 24.9 Å². The van der Waals surface area contributed by atoms with Crippen molar-refractivity contribution in [2.75, 3.05) is 33.4 Å². The zero-order valence-corrected chi connectivity index (χ0v) is 15.8. The number of methoxy groups -OCH3 is 1. The molecule has 0 bridgehead atoms. The number of ether oxygens (including phenoxy) is 1. The summed E-state index contributed by atoms with van der Waals surface area (Å²) < 4.78 is 40.4. The summed E-state index contributed by atoms with van der Waals surface area (Å²) >= 11 is 1.08. The van der Waals surface area contributed by atoms with Crippen molar-refractivity contribution < 1.29 is 18.1 Å². The number of nitrogens with zero attached hydrogens (tertiary/aromatic N) is 1. The molecule has 1 unspecified atom stereocenters. The van der Waals surface area contributed by atoms with Gasteiger partial charge in [0.25, 0.3) is 0 Å². The number of likely N-dealkylation sites (N-methyl/N-ethyl adjacent to an activating group) is 1. The van der Waals surface area contributed by atoms with Gasteiger partial charge >= 0.3 is 0 Å². The minimum atomic E-state index is -3.32. The normalized spacial score (nSPS) is 26.2. The largest absolute Gasteiger partial charge is 0.385 e. The van der Waals surface area contributed by atoms with E-state index < -0.39 is 20.5 Å². The molecular weight excluding hydrogens is 358 g/mol. The molecule has 134 valence electrons. The summed E-state index contributed by atoms with van der Waals surface area (Å²) in [5.41, 5.74) is 0.806. The molecule has 1 aliphatic heterocycles. The monoisotopic (exact) mass is 383 g/mol. The van der Waals surface area contributed by atoms with E-state index in [1.165, 1.54) is 0 Å². The van der Waals surface area contributed by atoms with Crippen LogP contribution in [0.2, 0.25) is 0 Å². The van der Waals surface area contributed by atoms with E-state index in [1.807, 2.05) is 11.2 Å². The number of nitrogens with two attached hydrogens (primary N) is 1. The molecule has 0 aliphatic carbocycles. The van der Waals surface area contributed by atoms with Crippen molar-refractivity contribution in [2.45, 2.75) is 27.8 Å². The van der Waals surface area contributed by atoms with Gasteiger partial charge in [0.05, 0.1) is 9.71 Å². The van der Waals surface area contributed by atoms with Crippen LogP contribution in [0, 0.1) is 0 Å². The standard InChI is InChI=1S/C13H25N3O4S3/c1-4-15-11-9-16(6-5-7-20-2)22(3,17)13-10(11)8-12(21-13)23(14,18)19/h8,11,15,18-19H,3-7,9,14H2,1-2H3/t11-,22?/m0/s1. The Balaban J connectivity index is 2.40. The molecule has 1 aromatic heterocycles. The molecule has 0 aromatic carbocycles. The van der Waals surface area contributed by atoms with Crippen molar-refractivity contribution in [2.24, 2.45) is 5.14 Å². The zero-order chi connectivity index (χ0) is 17.3. The summed E-state index contributed by atoms with van der Waals surface area (Å²) in [4.78, 5) is 0. The molecule has 7 nitrogen and oxygen atoms in total. The Morgan fingerprint density at radius 2 is 2.35 bits per heavy atom. The van der Waals surface area contributed by atoms with Crippen LogP contribution in [-0.4, -0.2) is 56.8 Å². The summed E-state index contributed by atoms with van der Waals surface area (Å²) in [6.45, 7) is 4.48. The summed E-state index contributed by atoms with van der Waals surface area (Å²) in [5, 5.41) is 8.80. The predicted molar refractivity (Wildman–Crippen MR) is 97.6 cm³/mol. The number of thiophene rings is 1. The predicted octanol–water partition coefficient (Wildman–Crippen LogP) is 1.72. The smallest absolute Gasteiger partial charge is 0.129 e. The summed E-state index contributed by atoms with van der Waals surface area (Å²) in [7, 11) is -4.35. The van der Waals surface area contributed by atoms with Gasteiger partial charge in [0.15, 0.2) is 0 Å². The Labute approximate surface area is 143 Å². The lowest BCUT2D eigenvalue weighted by Crippen LogP contribution is -2.43. The molecule has 2 heterocycles. The molecule has 0 amide bonds. The highest BCUT2D eigenvalue weighted by Crippen LogP contribution is 2.49. The van der Waals surface area contributed by atoms with Crippen LogP contribution < -0.4 is 10.5 Å². The Bertz CT molecular complexity index is 639. The Morgan fingerprint density at radius 3 is 2.91 bits per heavy atom. The SMILES string of the molecule is C=S1(=O)c2sc(S(N)(O)O)cc2[C@@H](NCC)CN1CCCOC. The lowest BCUT2D eigenvalue weighted by Gasteiger charge is -2.35. The molecule has 1 aromatic rings. The topological polar surface area (TPSA) is 108 Å². The van der Waals surface area contributed by atoms with Crippen LogP contribution in [0.25, 0.3) is 0 Å². The molecule has 0 saturated heterocycles. The molecule has 1 aliphatic rings. The minimum Gasteiger partial charge on any atom is -0.385 e. The van der Waals surface area contributed by atoms with Crippen molar-refractivity contribution in [1.82, 2.24) is 9.62 Å². The lowest BCUT2D eigenvalue weighted by molar-refractivity contribution is 0.186. The Kier molecular flexibility index (Phi) is 6.15. The summed E-state index contributed by atoms with van der Waals surface area (Å²) in [6, 6.07) is 1.61. The van der Waals surface area contributed by atoms with Crippen molar-refractivity contribution in [3.8, 4) is 0 Å². The van der Waals surface area contributed by atoms with Crippen LogP contribution in [0.15, 0.2) is 14.5 Å². The van der Waals surface area contributed by atoms with Gasteiger partial charge in [-0.15, -0.1) is 22.1 Å². The van der Waals surface area contributed by atoms with E-state index in [2.05, 4.69) is 11.2 Å². The van der Waals surface area contributed by atoms with E-state index >= 15 is 0 Å². The first kappa shape index (κ1) is 19.2. The second-order valence-corrected chi connectivity index (χ2v) is 10.8. The second-order valence-electron chi connectivity index (χ2n) is 5.39. The van der Waals surface area contributed by atoms with Crippen LogP contribution >= 0.6 is 22.1 Å². The molecule has 2 atom stereocenters. The molecule has 0 radical (unpaired) electrons. The third-order valence-electron chi connectivity index (χ3n) is 3.67. The fourth-order valence-corrected chi connectivity index (χ4v) is 7.20. The Morgan fingerprint density at radius 1 is 1.65 bits per heavy atom. The average Bonchev–Trinajstić information content (AvgIpc) is 2.90. The molecule has 5 N–H and O–H groups in total. The van der Waals surface area contributed by atoms with Gasteiger partial charge in [0.2, 0.25) is 0 Å². The number of nitrogens with one attached hydrogen (secondary N) is 1. The van der Waals surface area contributed by atoms with Crippen LogP contribution in [-0.2, 0) is 14.4 Å². The van der Waals surface area contributed by atoms with E-state index in [0.717, 1.165) is 29.9 Å². The van der Waals surface area contributed by atoms with Crippen molar-refractivity contribution in [3.63, 3.8) is 0 Å². The average molecular weight is 384 g/mol. The first-order valence-electron chi connectivity index (χ1n) is 7.26. The van der Waals surface area contributed by atoms with Crippen LogP contribution in [0.5, 0.6) is 0 Å². The van der Waals surface area contributed by atoms with Gasteiger partial charge < -0.3 is 10.1 Å².